The van der Waals surface area contributed by atoms with Crippen LogP contribution in [0.5, 0.6) is 0 Å². The molecule has 1 heteroatoms. The first kappa shape index (κ1) is 13.8. The van der Waals surface area contributed by atoms with Gasteiger partial charge in [-0.15, -0.1) is 0 Å². The molecule has 1 rings (SSSR count). The molecule has 0 unspecified atom stereocenters. The van der Waals surface area contributed by atoms with E-state index < -0.39 is 0 Å². The van der Waals surface area contributed by atoms with Crippen LogP contribution in [-0.2, 0) is 4.74 Å². The number of hydrogen-bond donors (Lipinski definition) is 0. The van der Waals surface area contributed by atoms with Crippen LogP contribution in [0.3, 0.4) is 0 Å². The molecular weight excluding hydrogens is 196 g/mol. The molecule has 0 aromatic heterocycles. The molecule has 0 N–H and O–H groups in total. The van der Waals surface area contributed by atoms with E-state index in [1.807, 2.05) is 0 Å². The summed E-state index contributed by atoms with van der Waals surface area (Å²) < 4.78 is 5.67. The molecule has 0 atom stereocenters. The summed E-state index contributed by atoms with van der Waals surface area (Å²) in [6.45, 7) is 4.10. The third-order valence-corrected chi connectivity index (χ3v) is 3.45. The van der Waals surface area contributed by atoms with Crippen LogP contribution in [-0.4, -0.2) is 13.2 Å². The molecule has 0 heterocycles. The Kier molecular flexibility index (Phi) is 8.51. The Hall–Kier alpha value is -0.300. The minimum absolute atomic E-state index is 0.910. The van der Waals surface area contributed by atoms with Crippen molar-refractivity contribution in [3.05, 3.63) is 12.2 Å². The van der Waals surface area contributed by atoms with Gasteiger partial charge in [-0.2, -0.15) is 0 Å². The lowest BCUT2D eigenvalue weighted by molar-refractivity contribution is 0.117. The molecular formula is C15H28O. The highest BCUT2D eigenvalue weighted by atomic mass is 16.5. The summed E-state index contributed by atoms with van der Waals surface area (Å²) >= 11 is 0. The van der Waals surface area contributed by atoms with Gasteiger partial charge in [0.25, 0.3) is 0 Å². The summed E-state index contributed by atoms with van der Waals surface area (Å²) in [6, 6.07) is 0. The van der Waals surface area contributed by atoms with Gasteiger partial charge in [-0.1, -0.05) is 57.6 Å². The van der Waals surface area contributed by atoms with E-state index in [4.69, 9.17) is 4.74 Å². The largest absolute Gasteiger partial charge is 0.381 e. The van der Waals surface area contributed by atoms with Gasteiger partial charge in [0.05, 0.1) is 6.61 Å². The van der Waals surface area contributed by atoms with E-state index in [0.717, 1.165) is 25.6 Å². The number of ether oxygens (including phenoxy) is 1. The van der Waals surface area contributed by atoms with Crippen LogP contribution >= 0.6 is 0 Å². The minimum atomic E-state index is 0.910. The molecule has 1 saturated carbocycles. The summed E-state index contributed by atoms with van der Waals surface area (Å²) in [4.78, 5) is 0. The molecule has 0 radical (unpaired) electrons. The molecule has 0 aromatic carbocycles. The number of hydrogen-bond acceptors (Lipinski definition) is 1. The van der Waals surface area contributed by atoms with Crippen LogP contribution in [0.2, 0.25) is 0 Å². The van der Waals surface area contributed by atoms with Gasteiger partial charge >= 0.3 is 0 Å². The van der Waals surface area contributed by atoms with Crippen LogP contribution < -0.4 is 0 Å². The lowest BCUT2D eigenvalue weighted by Crippen LogP contribution is -2.09. The molecule has 1 aliphatic rings. The Morgan fingerprint density at radius 3 is 2.50 bits per heavy atom. The van der Waals surface area contributed by atoms with Gasteiger partial charge in [0.1, 0.15) is 0 Å². The second-order valence-corrected chi connectivity index (χ2v) is 4.95. The molecule has 0 aliphatic heterocycles. The van der Waals surface area contributed by atoms with E-state index in [2.05, 4.69) is 19.1 Å². The maximum atomic E-state index is 5.67. The van der Waals surface area contributed by atoms with E-state index in [-0.39, 0.29) is 0 Å². The van der Waals surface area contributed by atoms with Crippen molar-refractivity contribution in [1.29, 1.82) is 0 Å². The molecule has 1 nitrogen and oxygen atoms in total. The van der Waals surface area contributed by atoms with Crippen LogP contribution in [0.15, 0.2) is 12.2 Å². The van der Waals surface area contributed by atoms with Gasteiger partial charge in [-0.05, 0) is 25.2 Å². The third kappa shape index (κ3) is 7.05. The molecule has 1 fully saturated rings. The Morgan fingerprint density at radius 1 is 1.00 bits per heavy atom. The zero-order valence-electron chi connectivity index (χ0n) is 10.9. The standard InChI is InChI=1S/C15H28O/c1-2-3-4-5-9-13-16-14-12-15-10-7-6-8-11-15/h4-5,15H,2-3,6-14H2,1H3. The summed E-state index contributed by atoms with van der Waals surface area (Å²) in [6.07, 6.45) is 16.6. The second-order valence-electron chi connectivity index (χ2n) is 4.95. The van der Waals surface area contributed by atoms with Crippen molar-refractivity contribution in [2.75, 3.05) is 13.2 Å². The second kappa shape index (κ2) is 9.89. The van der Waals surface area contributed by atoms with Crippen LogP contribution in [0.4, 0.5) is 0 Å². The average molecular weight is 224 g/mol. The highest BCUT2D eigenvalue weighted by molar-refractivity contribution is 4.80. The van der Waals surface area contributed by atoms with E-state index in [1.165, 1.54) is 51.4 Å². The Morgan fingerprint density at radius 2 is 1.75 bits per heavy atom. The Labute approximate surface area is 101 Å². The van der Waals surface area contributed by atoms with Gasteiger partial charge in [0.15, 0.2) is 0 Å². The van der Waals surface area contributed by atoms with E-state index in [9.17, 15) is 0 Å². The molecule has 0 aromatic rings. The Balaban J connectivity index is 1.83. The first-order valence-corrected chi connectivity index (χ1v) is 7.16. The first-order chi connectivity index (χ1) is 7.93. The summed E-state index contributed by atoms with van der Waals surface area (Å²) in [5.41, 5.74) is 0. The highest BCUT2D eigenvalue weighted by Gasteiger charge is 2.12. The Bertz CT molecular complexity index is 168. The van der Waals surface area contributed by atoms with E-state index >= 15 is 0 Å². The predicted molar refractivity (Wildman–Crippen MR) is 70.7 cm³/mol. The van der Waals surface area contributed by atoms with Gasteiger partial charge in [-0.25, -0.2) is 0 Å². The van der Waals surface area contributed by atoms with Crippen molar-refractivity contribution in [3.8, 4) is 0 Å². The molecule has 94 valence electrons. The molecule has 0 amide bonds. The lowest BCUT2D eigenvalue weighted by atomic mass is 9.87. The zero-order chi connectivity index (χ0) is 11.5. The fourth-order valence-corrected chi connectivity index (χ4v) is 2.38. The normalized spacial score (nSPS) is 18.3. The molecule has 0 spiro atoms. The topological polar surface area (TPSA) is 9.23 Å². The summed E-state index contributed by atoms with van der Waals surface area (Å²) in [5.74, 6) is 0.962. The van der Waals surface area contributed by atoms with Gasteiger partial charge in [0.2, 0.25) is 0 Å². The zero-order valence-corrected chi connectivity index (χ0v) is 10.9. The molecule has 1 aliphatic carbocycles. The molecule has 16 heavy (non-hydrogen) atoms. The molecule has 0 bridgehead atoms. The predicted octanol–water partition coefficient (Wildman–Crippen LogP) is 4.72. The van der Waals surface area contributed by atoms with Crippen LogP contribution in [0, 0.1) is 5.92 Å². The fraction of sp³-hybridized carbons (Fsp3) is 0.867. The van der Waals surface area contributed by atoms with Crippen LogP contribution in [0.25, 0.3) is 0 Å². The van der Waals surface area contributed by atoms with Crippen molar-refractivity contribution in [1.82, 2.24) is 0 Å². The minimum Gasteiger partial charge on any atom is -0.381 e. The molecule has 0 saturated heterocycles. The van der Waals surface area contributed by atoms with Gasteiger partial charge < -0.3 is 4.74 Å². The van der Waals surface area contributed by atoms with Crippen LogP contribution in [0.1, 0.15) is 64.7 Å². The first-order valence-electron chi connectivity index (χ1n) is 7.16. The average Bonchev–Trinajstić information content (AvgIpc) is 2.34. The van der Waals surface area contributed by atoms with E-state index in [1.54, 1.807) is 0 Å². The van der Waals surface area contributed by atoms with Crippen molar-refractivity contribution in [2.45, 2.75) is 64.7 Å². The third-order valence-electron chi connectivity index (χ3n) is 3.45. The number of unbranched alkanes of at least 4 members (excludes halogenated alkanes) is 1. The number of allylic oxidation sites excluding steroid dienone is 1. The summed E-state index contributed by atoms with van der Waals surface area (Å²) in [5, 5.41) is 0. The van der Waals surface area contributed by atoms with Gasteiger partial charge in [-0.3, -0.25) is 0 Å². The van der Waals surface area contributed by atoms with Crippen molar-refractivity contribution in [2.24, 2.45) is 5.92 Å². The fourth-order valence-electron chi connectivity index (χ4n) is 2.38. The maximum Gasteiger partial charge on any atom is 0.0500 e. The highest BCUT2D eigenvalue weighted by Crippen LogP contribution is 2.25. The lowest BCUT2D eigenvalue weighted by Gasteiger charge is -2.21. The van der Waals surface area contributed by atoms with E-state index in [0.29, 0.717) is 0 Å². The quantitative estimate of drug-likeness (QED) is 0.428. The number of rotatable bonds is 8. The summed E-state index contributed by atoms with van der Waals surface area (Å²) in [7, 11) is 0. The smallest absolute Gasteiger partial charge is 0.0500 e. The van der Waals surface area contributed by atoms with Crippen molar-refractivity contribution in [3.63, 3.8) is 0 Å². The monoisotopic (exact) mass is 224 g/mol. The SMILES string of the molecule is CCCC=CCCOCCC1CCCCC1. The van der Waals surface area contributed by atoms with Crippen molar-refractivity contribution >= 4 is 0 Å². The maximum absolute atomic E-state index is 5.67. The van der Waals surface area contributed by atoms with Crippen molar-refractivity contribution < 1.29 is 4.74 Å². The van der Waals surface area contributed by atoms with Gasteiger partial charge in [0, 0.05) is 6.61 Å².